The molecule has 1 fully saturated rings. The van der Waals surface area contributed by atoms with Crippen LogP contribution in [-0.2, 0) is 0 Å². The highest BCUT2D eigenvalue weighted by atomic mass is 16.5. The van der Waals surface area contributed by atoms with Gasteiger partial charge in [-0.05, 0) is 12.1 Å². The first-order valence-corrected chi connectivity index (χ1v) is 5.99. The SMILES string of the molecule is C[N+]1(O)CCN(c2cccc3[nH]c(=O)oc23)CC1. The van der Waals surface area contributed by atoms with E-state index in [4.69, 9.17) is 4.42 Å². The van der Waals surface area contributed by atoms with Gasteiger partial charge in [0, 0.05) is 0 Å². The third-order valence-corrected chi connectivity index (χ3v) is 3.47. The molecule has 6 heteroatoms. The molecule has 0 bridgehead atoms. The monoisotopic (exact) mass is 250 g/mol. The van der Waals surface area contributed by atoms with Crippen molar-refractivity contribution in [2.45, 2.75) is 0 Å². The van der Waals surface area contributed by atoms with E-state index in [1.165, 1.54) is 0 Å². The van der Waals surface area contributed by atoms with Crippen LogP contribution in [0.25, 0.3) is 11.1 Å². The summed E-state index contributed by atoms with van der Waals surface area (Å²) in [7, 11) is 1.80. The van der Waals surface area contributed by atoms with Gasteiger partial charge in [0.1, 0.15) is 13.1 Å². The van der Waals surface area contributed by atoms with Crippen molar-refractivity contribution in [3.8, 4) is 0 Å². The van der Waals surface area contributed by atoms with E-state index in [0.29, 0.717) is 24.2 Å². The van der Waals surface area contributed by atoms with Crippen LogP contribution in [0.2, 0.25) is 0 Å². The molecular formula is C12H16N3O3+. The molecule has 0 saturated carbocycles. The molecule has 0 amide bonds. The van der Waals surface area contributed by atoms with E-state index in [1.807, 2.05) is 18.2 Å². The number of hydroxylamine groups is 3. The number of aromatic nitrogens is 1. The molecule has 0 atom stereocenters. The molecule has 1 aromatic heterocycles. The zero-order valence-corrected chi connectivity index (χ0v) is 10.2. The second-order valence-electron chi connectivity index (χ2n) is 4.94. The van der Waals surface area contributed by atoms with E-state index in [2.05, 4.69) is 9.88 Å². The van der Waals surface area contributed by atoms with Crippen LogP contribution >= 0.6 is 0 Å². The Morgan fingerprint density at radius 2 is 2.11 bits per heavy atom. The van der Waals surface area contributed by atoms with Gasteiger partial charge in [-0.3, -0.25) is 4.98 Å². The molecule has 2 aromatic rings. The van der Waals surface area contributed by atoms with Gasteiger partial charge in [-0.25, -0.2) is 10.0 Å². The van der Waals surface area contributed by atoms with Crippen molar-refractivity contribution in [1.29, 1.82) is 0 Å². The number of anilines is 1. The number of benzene rings is 1. The number of nitrogens with one attached hydrogen (secondary N) is 1. The molecule has 1 saturated heterocycles. The number of quaternary nitrogens is 1. The maximum absolute atomic E-state index is 11.2. The largest absolute Gasteiger partial charge is 0.417 e. The van der Waals surface area contributed by atoms with Crippen LogP contribution in [0.15, 0.2) is 27.4 Å². The molecule has 2 N–H and O–H groups in total. The van der Waals surface area contributed by atoms with E-state index < -0.39 is 5.76 Å². The number of rotatable bonds is 1. The first-order valence-electron chi connectivity index (χ1n) is 5.99. The summed E-state index contributed by atoms with van der Waals surface area (Å²) in [4.78, 5) is 16.0. The Hall–Kier alpha value is -1.79. The third kappa shape index (κ3) is 1.89. The summed E-state index contributed by atoms with van der Waals surface area (Å²) in [6.45, 7) is 2.79. The molecule has 3 rings (SSSR count). The Kier molecular flexibility index (Phi) is 2.42. The molecule has 0 radical (unpaired) electrons. The summed E-state index contributed by atoms with van der Waals surface area (Å²) >= 11 is 0. The highest BCUT2D eigenvalue weighted by Gasteiger charge is 2.28. The zero-order chi connectivity index (χ0) is 12.8. The quantitative estimate of drug-likeness (QED) is 0.734. The van der Waals surface area contributed by atoms with Crippen LogP contribution in [0.4, 0.5) is 5.69 Å². The van der Waals surface area contributed by atoms with Crippen LogP contribution in [-0.4, -0.2) is 48.1 Å². The molecule has 1 aliphatic rings. The second kappa shape index (κ2) is 3.86. The number of likely N-dealkylation sites (N-methyl/N-ethyl adjacent to an activating group) is 1. The Morgan fingerprint density at radius 1 is 1.39 bits per heavy atom. The average molecular weight is 250 g/mol. The fourth-order valence-electron chi connectivity index (χ4n) is 2.34. The molecular weight excluding hydrogens is 234 g/mol. The van der Waals surface area contributed by atoms with Crippen molar-refractivity contribution >= 4 is 16.8 Å². The summed E-state index contributed by atoms with van der Waals surface area (Å²) in [5.74, 6) is -0.433. The van der Waals surface area contributed by atoms with Crippen LogP contribution in [0.5, 0.6) is 0 Å². The number of oxazole rings is 1. The molecule has 6 nitrogen and oxygen atoms in total. The minimum Gasteiger partial charge on any atom is -0.406 e. The van der Waals surface area contributed by atoms with E-state index in [-0.39, 0.29) is 4.65 Å². The van der Waals surface area contributed by atoms with Crippen molar-refractivity contribution in [3.05, 3.63) is 28.7 Å². The van der Waals surface area contributed by atoms with Gasteiger partial charge in [0.2, 0.25) is 0 Å². The molecule has 0 unspecified atom stereocenters. The Labute approximate surface area is 104 Å². The van der Waals surface area contributed by atoms with E-state index in [0.717, 1.165) is 18.8 Å². The molecule has 2 heterocycles. The van der Waals surface area contributed by atoms with Crippen LogP contribution in [0.3, 0.4) is 0 Å². The van der Waals surface area contributed by atoms with Gasteiger partial charge >= 0.3 is 5.76 Å². The highest BCUT2D eigenvalue weighted by Crippen LogP contribution is 2.26. The maximum Gasteiger partial charge on any atom is 0.417 e. The predicted molar refractivity (Wildman–Crippen MR) is 66.8 cm³/mol. The lowest BCUT2D eigenvalue weighted by atomic mass is 10.2. The first kappa shape index (κ1) is 11.3. The lowest BCUT2D eigenvalue weighted by molar-refractivity contribution is -1.09. The Morgan fingerprint density at radius 3 is 2.83 bits per heavy atom. The average Bonchev–Trinajstić information content (AvgIpc) is 2.69. The zero-order valence-electron chi connectivity index (χ0n) is 10.2. The summed E-state index contributed by atoms with van der Waals surface area (Å²) in [5, 5.41) is 9.89. The molecule has 0 spiro atoms. The number of hydrogen-bond acceptors (Lipinski definition) is 4. The van der Waals surface area contributed by atoms with Gasteiger partial charge in [0.05, 0.1) is 31.3 Å². The number of hydrogen-bond donors (Lipinski definition) is 2. The Balaban J connectivity index is 1.97. The number of aromatic amines is 1. The van der Waals surface area contributed by atoms with Crippen molar-refractivity contribution in [3.63, 3.8) is 0 Å². The van der Waals surface area contributed by atoms with E-state index >= 15 is 0 Å². The molecule has 1 aromatic carbocycles. The maximum atomic E-state index is 11.2. The van der Waals surface area contributed by atoms with Gasteiger partial charge < -0.3 is 9.32 Å². The highest BCUT2D eigenvalue weighted by molar-refractivity contribution is 5.86. The molecule has 1 aliphatic heterocycles. The van der Waals surface area contributed by atoms with Crippen LogP contribution in [0.1, 0.15) is 0 Å². The molecule has 18 heavy (non-hydrogen) atoms. The van der Waals surface area contributed by atoms with E-state index in [9.17, 15) is 10.0 Å². The predicted octanol–water partition coefficient (Wildman–Crippen LogP) is 0.777. The summed E-state index contributed by atoms with van der Waals surface area (Å²) in [5.41, 5.74) is 2.21. The number of fused-ring (bicyclic) bond motifs is 1. The standard InChI is InChI=1S/C12H15N3O3/c1-15(17)7-5-14(6-8-15)10-4-2-3-9-11(10)18-12(16)13-9/h2-4,17H,5-8H2,1H3/p+1. The van der Waals surface area contributed by atoms with E-state index in [1.54, 1.807) is 7.05 Å². The Bertz CT molecular complexity index is 619. The van der Waals surface area contributed by atoms with Gasteiger partial charge in [-0.15, -0.1) is 0 Å². The second-order valence-corrected chi connectivity index (χ2v) is 4.94. The van der Waals surface area contributed by atoms with Crippen molar-refractivity contribution in [1.82, 2.24) is 4.98 Å². The number of piperazine rings is 1. The van der Waals surface area contributed by atoms with Gasteiger partial charge in [-0.1, -0.05) is 6.07 Å². The van der Waals surface area contributed by atoms with Gasteiger partial charge in [0.15, 0.2) is 5.58 Å². The van der Waals surface area contributed by atoms with Crippen molar-refractivity contribution in [2.24, 2.45) is 0 Å². The summed E-state index contributed by atoms with van der Waals surface area (Å²) in [6, 6.07) is 5.65. The number of nitrogens with zero attached hydrogens (tertiary/aromatic N) is 2. The fraction of sp³-hybridized carbons (Fsp3) is 0.417. The fourth-order valence-corrected chi connectivity index (χ4v) is 2.34. The first-order chi connectivity index (χ1) is 8.55. The summed E-state index contributed by atoms with van der Waals surface area (Å²) < 4.78 is 5.23. The van der Waals surface area contributed by atoms with Gasteiger partial charge in [0.25, 0.3) is 0 Å². The normalized spacial score (nSPS) is 19.3. The van der Waals surface area contributed by atoms with Gasteiger partial charge in [-0.2, -0.15) is 4.65 Å². The summed E-state index contributed by atoms with van der Waals surface area (Å²) in [6.07, 6.45) is 0. The van der Waals surface area contributed by atoms with Crippen LogP contribution < -0.4 is 10.7 Å². The molecule has 0 aliphatic carbocycles. The third-order valence-electron chi connectivity index (χ3n) is 3.47. The minimum absolute atomic E-state index is 0.0452. The number of H-pyrrole nitrogens is 1. The van der Waals surface area contributed by atoms with Crippen molar-refractivity contribution in [2.75, 3.05) is 38.1 Å². The topological polar surface area (TPSA) is 69.5 Å². The minimum atomic E-state index is -0.433. The smallest absolute Gasteiger partial charge is 0.406 e. The van der Waals surface area contributed by atoms with Crippen LogP contribution in [0, 0.1) is 0 Å². The number of para-hydroxylation sites is 1. The lowest BCUT2D eigenvalue weighted by Crippen LogP contribution is -2.55. The lowest BCUT2D eigenvalue weighted by Gasteiger charge is -2.36. The van der Waals surface area contributed by atoms with Crippen molar-refractivity contribution < 1.29 is 14.3 Å². The molecule has 96 valence electrons.